The molecule has 2 aliphatic rings. The van der Waals surface area contributed by atoms with Crippen molar-refractivity contribution in [3.8, 4) is 0 Å². The van der Waals surface area contributed by atoms with Gasteiger partial charge in [-0.1, -0.05) is 30.3 Å². The van der Waals surface area contributed by atoms with Crippen LogP contribution in [0.3, 0.4) is 0 Å². The maximum absolute atomic E-state index is 14.8. The molecule has 3 atom stereocenters. The number of hydrogen-bond acceptors (Lipinski definition) is 3. The largest absolute Gasteiger partial charge is 0.426 e. The summed E-state index contributed by atoms with van der Waals surface area (Å²) < 4.78 is 68.6. The molecule has 0 N–H and O–H groups in total. The third-order valence-corrected chi connectivity index (χ3v) is 7.72. The van der Waals surface area contributed by atoms with Crippen molar-refractivity contribution in [3.05, 3.63) is 94.6 Å². The first kappa shape index (κ1) is 24.3. The molecule has 36 heavy (non-hydrogen) atoms. The Balaban J connectivity index is 1.58. The molecule has 0 saturated carbocycles. The van der Waals surface area contributed by atoms with E-state index in [9.17, 15) is 26.7 Å². The van der Waals surface area contributed by atoms with E-state index in [0.717, 1.165) is 11.1 Å². The summed E-state index contributed by atoms with van der Waals surface area (Å²) in [7, 11) is 0. The highest BCUT2D eigenvalue weighted by atomic mass is 19.4. The normalized spacial score (nSPS) is 23.1. The monoisotopic (exact) mass is 501 g/mol. The smallest absolute Gasteiger partial charge is 0.337 e. The number of benzene rings is 2. The molecule has 5 rings (SSSR count). The van der Waals surface area contributed by atoms with Crippen LogP contribution in [-0.2, 0) is 23.9 Å². The molecule has 2 aromatic carbocycles. The summed E-state index contributed by atoms with van der Waals surface area (Å²) in [6.45, 7) is 1.33. The van der Waals surface area contributed by atoms with Gasteiger partial charge in [-0.05, 0) is 72.6 Å². The zero-order valence-electron chi connectivity index (χ0n) is 19.5. The van der Waals surface area contributed by atoms with Crippen molar-refractivity contribution in [2.24, 2.45) is 5.92 Å². The number of halogens is 5. The van der Waals surface area contributed by atoms with Gasteiger partial charge in [-0.2, -0.15) is 23.4 Å². The standard InChI is InChI=1S/C27H24F5N3O/c1-25(29,27(30,31)32)20-6-9-23-18(12-20)4-5-21-15-35(24(36)19-10-11-33-34-14-19)16-26(21,23)13-17-2-7-22(28)8-3-17/h2-3,6-12,14,21H,4-5,13,15-16H2,1H3. The minimum Gasteiger partial charge on any atom is -0.337 e. The Morgan fingerprint density at radius 3 is 2.50 bits per heavy atom. The molecule has 2 heterocycles. The predicted molar refractivity (Wildman–Crippen MR) is 122 cm³/mol. The lowest BCUT2D eigenvalue weighted by molar-refractivity contribution is -0.228. The molecule has 3 unspecified atom stereocenters. The molecule has 9 heteroatoms. The molecular weight excluding hydrogens is 477 g/mol. The van der Waals surface area contributed by atoms with Crippen LogP contribution < -0.4 is 0 Å². The predicted octanol–water partition coefficient (Wildman–Crippen LogP) is 5.56. The fourth-order valence-electron chi connectivity index (χ4n) is 5.74. The van der Waals surface area contributed by atoms with E-state index in [0.29, 0.717) is 50.4 Å². The number of amides is 1. The van der Waals surface area contributed by atoms with E-state index in [1.807, 2.05) is 0 Å². The van der Waals surface area contributed by atoms with Crippen LogP contribution in [0.2, 0.25) is 0 Å². The molecule has 1 aliphatic carbocycles. The molecule has 3 aromatic rings. The van der Waals surface area contributed by atoms with Gasteiger partial charge in [-0.3, -0.25) is 4.79 Å². The summed E-state index contributed by atoms with van der Waals surface area (Å²) in [5.41, 5.74) is -1.80. The lowest BCUT2D eigenvalue weighted by Crippen LogP contribution is -2.42. The number of nitrogens with zero attached hydrogens (tertiary/aromatic N) is 3. The van der Waals surface area contributed by atoms with Gasteiger partial charge >= 0.3 is 6.18 Å². The zero-order chi connectivity index (χ0) is 25.7. The molecule has 1 saturated heterocycles. The summed E-state index contributed by atoms with van der Waals surface area (Å²) in [6.07, 6.45) is -0.627. The molecule has 1 fully saturated rings. The molecule has 1 amide bonds. The number of alkyl halides is 4. The number of likely N-dealkylation sites (tertiary alicyclic amines) is 1. The highest BCUT2D eigenvalue weighted by Crippen LogP contribution is 2.51. The number of aryl methyl sites for hydroxylation is 1. The molecule has 0 radical (unpaired) electrons. The number of carbonyl (C=O) groups is 1. The summed E-state index contributed by atoms with van der Waals surface area (Å²) in [4.78, 5) is 15.0. The van der Waals surface area contributed by atoms with E-state index in [-0.39, 0.29) is 17.6 Å². The lowest BCUT2D eigenvalue weighted by Gasteiger charge is -2.41. The summed E-state index contributed by atoms with van der Waals surface area (Å²) in [5, 5.41) is 7.51. The zero-order valence-corrected chi connectivity index (χ0v) is 19.5. The summed E-state index contributed by atoms with van der Waals surface area (Å²) in [5.74, 6) is -0.548. The van der Waals surface area contributed by atoms with Crippen LogP contribution in [0.4, 0.5) is 22.0 Å². The Morgan fingerprint density at radius 1 is 1.08 bits per heavy atom. The van der Waals surface area contributed by atoms with E-state index < -0.39 is 22.8 Å². The maximum Gasteiger partial charge on any atom is 0.426 e. The topological polar surface area (TPSA) is 46.1 Å². The van der Waals surface area contributed by atoms with Crippen LogP contribution in [-0.4, -0.2) is 40.3 Å². The van der Waals surface area contributed by atoms with Gasteiger partial charge in [0, 0.05) is 18.5 Å². The van der Waals surface area contributed by atoms with Crippen molar-refractivity contribution in [1.82, 2.24) is 15.1 Å². The van der Waals surface area contributed by atoms with E-state index in [4.69, 9.17) is 0 Å². The highest BCUT2D eigenvalue weighted by Gasteiger charge is 2.55. The van der Waals surface area contributed by atoms with E-state index >= 15 is 0 Å². The molecule has 1 aromatic heterocycles. The fourth-order valence-corrected chi connectivity index (χ4v) is 5.74. The number of rotatable bonds is 4. The lowest BCUT2D eigenvalue weighted by atomic mass is 9.62. The van der Waals surface area contributed by atoms with Crippen LogP contribution in [0, 0.1) is 11.7 Å². The third-order valence-electron chi connectivity index (χ3n) is 7.72. The molecule has 1 aliphatic heterocycles. The van der Waals surface area contributed by atoms with Crippen molar-refractivity contribution < 1.29 is 26.7 Å². The Labute approximate surface area is 205 Å². The van der Waals surface area contributed by atoms with Gasteiger partial charge in [0.2, 0.25) is 5.67 Å². The van der Waals surface area contributed by atoms with Crippen LogP contribution in [0.1, 0.15) is 46.0 Å². The quantitative estimate of drug-likeness (QED) is 0.440. The number of carbonyl (C=O) groups excluding carboxylic acids is 1. The Hall–Kier alpha value is -3.36. The first-order chi connectivity index (χ1) is 17.0. The van der Waals surface area contributed by atoms with Crippen LogP contribution in [0.15, 0.2) is 60.9 Å². The van der Waals surface area contributed by atoms with Crippen molar-refractivity contribution in [1.29, 1.82) is 0 Å². The van der Waals surface area contributed by atoms with Gasteiger partial charge in [0.15, 0.2) is 0 Å². The molecule has 0 bridgehead atoms. The average Bonchev–Trinajstić information content (AvgIpc) is 3.24. The van der Waals surface area contributed by atoms with Crippen molar-refractivity contribution in [2.45, 2.75) is 43.4 Å². The first-order valence-corrected chi connectivity index (χ1v) is 11.7. The minimum absolute atomic E-state index is 0.0269. The first-order valence-electron chi connectivity index (χ1n) is 11.7. The van der Waals surface area contributed by atoms with Crippen molar-refractivity contribution >= 4 is 5.91 Å². The van der Waals surface area contributed by atoms with Crippen molar-refractivity contribution in [2.75, 3.05) is 13.1 Å². The van der Waals surface area contributed by atoms with Gasteiger partial charge in [0.1, 0.15) is 5.82 Å². The molecule has 0 spiro atoms. The van der Waals surface area contributed by atoms with Crippen LogP contribution in [0.5, 0.6) is 0 Å². The van der Waals surface area contributed by atoms with E-state index in [1.54, 1.807) is 29.2 Å². The molecule has 188 valence electrons. The summed E-state index contributed by atoms with van der Waals surface area (Å²) in [6, 6.07) is 11.8. The number of hydrogen-bond donors (Lipinski definition) is 0. The Bertz CT molecular complexity index is 1280. The van der Waals surface area contributed by atoms with Crippen molar-refractivity contribution in [3.63, 3.8) is 0 Å². The Kier molecular flexibility index (Phi) is 5.84. The van der Waals surface area contributed by atoms with Crippen LogP contribution >= 0.6 is 0 Å². The SMILES string of the molecule is CC(F)(c1ccc2c(c1)CCC1CN(C(=O)c3ccnnc3)CC21Cc1ccc(F)cc1)C(F)(F)F. The Morgan fingerprint density at radius 2 is 1.83 bits per heavy atom. The van der Waals surface area contributed by atoms with Gasteiger partial charge in [0.05, 0.1) is 18.0 Å². The minimum atomic E-state index is -5.04. The second kappa shape index (κ2) is 8.64. The maximum atomic E-state index is 14.8. The van der Waals surface area contributed by atoms with Gasteiger partial charge in [-0.25, -0.2) is 8.78 Å². The van der Waals surface area contributed by atoms with E-state index in [1.165, 1.54) is 36.7 Å². The average molecular weight is 501 g/mol. The second-order valence-electron chi connectivity index (χ2n) is 9.88. The molecular formula is C27H24F5N3O. The van der Waals surface area contributed by atoms with Crippen LogP contribution in [0.25, 0.3) is 0 Å². The second-order valence-corrected chi connectivity index (χ2v) is 9.88. The highest BCUT2D eigenvalue weighted by molar-refractivity contribution is 5.94. The number of fused-ring (bicyclic) bond motifs is 3. The van der Waals surface area contributed by atoms with Gasteiger partial charge in [0.25, 0.3) is 5.91 Å². The summed E-state index contributed by atoms with van der Waals surface area (Å²) >= 11 is 0. The van der Waals surface area contributed by atoms with E-state index in [2.05, 4.69) is 10.2 Å². The van der Waals surface area contributed by atoms with Gasteiger partial charge in [-0.15, -0.1) is 0 Å². The van der Waals surface area contributed by atoms with Gasteiger partial charge < -0.3 is 4.90 Å². The fraction of sp³-hybridized carbons (Fsp3) is 0.370. The third kappa shape index (κ3) is 4.04. The molecule has 4 nitrogen and oxygen atoms in total. The number of aromatic nitrogens is 2.